The summed E-state index contributed by atoms with van der Waals surface area (Å²) in [4.78, 5) is 32.4. The fourth-order valence-electron chi connectivity index (χ4n) is 6.32. The topological polar surface area (TPSA) is 79.7 Å². The maximum absolute atomic E-state index is 14.2. The van der Waals surface area contributed by atoms with E-state index in [9.17, 15) is 28.0 Å². The number of nitrogens with one attached hydrogen (secondary N) is 1. The number of piperidine rings is 1. The third kappa shape index (κ3) is 6.89. The minimum absolute atomic E-state index is 0.195. The molecule has 7 nitrogen and oxygen atoms in total. The summed E-state index contributed by atoms with van der Waals surface area (Å²) in [6.07, 6.45) is 2.72. The van der Waals surface area contributed by atoms with Crippen molar-refractivity contribution in [3.63, 3.8) is 0 Å². The zero-order valence-corrected chi connectivity index (χ0v) is 24.7. The zero-order chi connectivity index (χ0) is 31.2. The molecule has 0 aliphatic carbocycles. The SMILES string of the molecule is C[C@H](c1ccccc1)N1CCC(c2ccc(F)c(F)c2)N(C(=O)NCCCN2CCC(c3ccc(F)cc3C#N)CC2)C1=O. The van der Waals surface area contributed by atoms with Crippen molar-refractivity contribution in [3.8, 4) is 6.07 Å². The summed E-state index contributed by atoms with van der Waals surface area (Å²) in [6, 6.07) is 17.4. The van der Waals surface area contributed by atoms with E-state index in [0.717, 1.165) is 60.6 Å². The molecule has 0 bridgehead atoms. The third-order valence-electron chi connectivity index (χ3n) is 8.79. The molecule has 2 heterocycles. The number of amides is 4. The third-order valence-corrected chi connectivity index (χ3v) is 8.79. The van der Waals surface area contributed by atoms with E-state index in [-0.39, 0.29) is 12.0 Å². The number of nitriles is 1. The van der Waals surface area contributed by atoms with E-state index in [0.29, 0.717) is 37.1 Å². The number of urea groups is 2. The Morgan fingerprint density at radius 3 is 2.43 bits per heavy atom. The van der Waals surface area contributed by atoms with E-state index in [2.05, 4.69) is 16.3 Å². The van der Waals surface area contributed by atoms with Gasteiger partial charge in [0.25, 0.3) is 0 Å². The van der Waals surface area contributed by atoms with Crippen molar-refractivity contribution in [1.29, 1.82) is 5.26 Å². The average molecular weight is 604 g/mol. The first-order valence-corrected chi connectivity index (χ1v) is 15.1. The molecule has 2 saturated heterocycles. The highest BCUT2D eigenvalue weighted by Crippen LogP contribution is 2.35. The number of hydrogen-bond donors (Lipinski definition) is 1. The minimum atomic E-state index is -1.03. The molecule has 10 heteroatoms. The van der Waals surface area contributed by atoms with Crippen molar-refractivity contribution in [2.45, 2.75) is 50.6 Å². The van der Waals surface area contributed by atoms with E-state index >= 15 is 0 Å². The quantitative estimate of drug-likeness (QED) is 0.285. The summed E-state index contributed by atoms with van der Waals surface area (Å²) in [5, 5.41) is 12.3. The fraction of sp³-hybridized carbons (Fsp3) is 0.382. The van der Waals surface area contributed by atoms with Crippen molar-refractivity contribution < 1.29 is 22.8 Å². The first kappa shape index (κ1) is 31.1. The molecule has 5 rings (SSSR count). The Labute approximate surface area is 255 Å². The summed E-state index contributed by atoms with van der Waals surface area (Å²) in [6.45, 7) is 4.96. The summed E-state index contributed by atoms with van der Waals surface area (Å²) in [7, 11) is 0. The maximum Gasteiger partial charge on any atom is 0.329 e. The van der Waals surface area contributed by atoms with Crippen LogP contribution >= 0.6 is 0 Å². The van der Waals surface area contributed by atoms with Crippen LogP contribution < -0.4 is 5.32 Å². The molecule has 3 aromatic rings. The van der Waals surface area contributed by atoms with Crippen LogP contribution in [-0.4, -0.2) is 59.5 Å². The molecule has 0 spiro atoms. The Bertz CT molecular complexity index is 1520. The lowest BCUT2D eigenvalue weighted by molar-refractivity contribution is 0.0944. The molecule has 2 aliphatic heterocycles. The highest BCUT2D eigenvalue weighted by Gasteiger charge is 2.40. The largest absolute Gasteiger partial charge is 0.338 e. The molecule has 3 aromatic carbocycles. The summed E-state index contributed by atoms with van der Waals surface area (Å²) in [5.41, 5.74) is 2.57. The fourth-order valence-corrected chi connectivity index (χ4v) is 6.32. The molecule has 0 aromatic heterocycles. The van der Waals surface area contributed by atoms with Crippen LogP contribution in [-0.2, 0) is 0 Å². The summed E-state index contributed by atoms with van der Waals surface area (Å²) >= 11 is 0. The number of carbonyl (C=O) groups excluding carboxylic acids is 2. The highest BCUT2D eigenvalue weighted by molar-refractivity contribution is 5.95. The molecule has 2 aliphatic rings. The predicted molar refractivity (Wildman–Crippen MR) is 160 cm³/mol. The molecule has 0 radical (unpaired) electrons. The van der Waals surface area contributed by atoms with Gasteiger partial charge < -0.3 is 15.1 Å². The van der Waals surface area contributed by atoms with Crippen LogP contribution in [0.1, 0.15) is 72.9 Å². The van der Waals surface area contributed by atoms with Crippen LogP contribution in [0.4, 0.5) is 22.8 Å². The molecule has 1 N–H and O–H groups in total. The van der Waals surface area contributed by atoms with Gasteiger partial charge in [-0.3, -0.25) is 0 Å². The highest BCUT2D eigenvalue weighted by atomic mass is 19.2. The molecular formula is C34H36F3N5O2. The summed E-state index contributed by atoms with van der Waals surface area (Å²) in [5.74, 6) is -2.23. The molecule has 2 atom stereocenters. The lowest BCUT2D eigenvalue weighted by atomic mass is 9.86. The Morgan fingerprint density at radius 1 is 0.977 bits per heavy atom. The Hall–Kier alpha value is -4.36. The second-order valence-corrected chi connectivity index (χ2v) is 11.5. The second kappa shape index (κ2) is 14.0. The number of nitrogens with zero attached hydrogens (tertiary/aromatic N) is 4. The Kier molecular flexibility index (Phi) is 9.85. The molecule has 230 valence electrons. The van der Waals surface area contributed by atoms with E-state index in [1.165, 1.54) is 18.2 Å². The van der Waals surface area contributed by atoms with Crippen molar-refractivity contribution in [3.05, 3.63) is 106 Å². The van der Waals surface area contributed by atoms with E-state index < -0.39 is 35.6 Å². The van der Waals surface area contributed by atoms with Gasteiger partial charge in [-0.15, -0.1) is 0 Å². The van der Waals surface area contributed by atoms with Crippen LogP contribution in [0.15, 0.2) is 66.7 Å². The van der Waals surface area contributed by atoms with Crippen LogP contribution in [0.2, 0.25) is 0 Å². The van der Waals surface area contributed by atoms with Gasteiger partial charge in [0.05, 0.1) is 23.7 Å². The molecule has 2 fully saturated rings. The molecule has 4 amide bonds. The number of rotatable bonds is 8. The molecule has 44 heavy (non-hydrogen) atoms. The van der Waals surface area contributed by atoms with Crippen molar-refractivity contribution >= 4 is 12.1 Å². The lowest BCUT2D eigenvalue weighted by Gasteiger charge is -2.43. The number of halogens is 3. The monoisotopic (exact) mass is 603 g/mol. The average Bonchev–Trinajstić information content (AvgIpc) is 3.04. The van der Waals surface area contributed by atoms with Crippen molar-refractivity contribution in [1.82, 2.24) is 20.0 Å². The normalized spacial score (nSPS) is 18.6. The zero-order valence-electron chi connectivity index (χ0n) is 24.7. The molecule has 1 unspecified atom stereocenters. The molecule has 0 saturated carbocycles. The van der Waals surface area contributed by atoms with Crippen molar-refractivity contribution in [2.24, 2.45) is 0 Å². The number of hydrogen-bond acceptors (Lipinski definition) is 4. The van der Waals surface area contributed by atoms with Crippen LogP contribution in [0.25, 0.3) is 0 Å². The minimum Gasteiger partial charge on any atom is -0.338 e. The van der Waals surface area contributed by atoms with E-state index in [1.807, 2.05) is 37.3 Å². The summed E-state index contributed by atoms with van der Waals surface area (Å²) < 4.78 is 41.4. The molecular weight excluding hydrogens is 567 g/mol. The van der Waals surface area contributed by atoms with Gasteiger partial charge in [0.2, 0.25) is 0 Å². The smallest absolute Gasteiger partial charge is 0.329 e. The van der Waals surface area contributed by atoms with Gasteiger partial charge in [0.1, 0.15) is 5.82 Å². The van der Waals surface area contributed by atoms with E-state index in [1.54, 1.807) is 11.0 Å². The van der Waals surface area contributed by atoms with E-state index in [4.69, 9.17) is 0 Å². The first-order valence-electron chi connectivity index (χ1n) is 15.1. The Balaban J connectivity index is 1.19. The number of likely N-dealkylation sites (tertiary alicyclic amines) is 1. The number of benzene rings is 3. The number of imide groups is 1. The van der Waals surface area contributed by atoms with Gasteiger partial charge in [0, 0.05) is 13.1 Å². The first-order chi connectivity index (χ1) is 21.3. The number of carbonyl (C=O) groups is 2. The second-order valence-electron chi connectivity index (χ2n) is 11.5. The van der Waals surface area contributed by atoms with Gasteiger partial charge in [-0.1, -0.05) is 42.5 Å². The van der Waals surface area contributed by atoms with Crippen LogP contribution in [0.3, 0.4) is 0 Å². The van der Waals surface area contributed by atoms with Crippen LogP contribution in [0, 0.1) is 28.8 Å². The predicted octanol–water partition coefficient (Wildman–Crippen LogP) is 6.88. The van der Waals surface area contributed by atoms with Gasteiger partial charge in [0.15, 0.2) is 11.6 Å². The lowest BCUT2D eigenvalue weighted by Crippen LogP contribution is -2.56. The van der Waals surface area contributed by atoms with Crippen LogP contribution in [0.5, 0.6) is 0 Å². The standard InChI is InChI=1S/C34H36F3N5O2/c1-23(24-6-3-2-4-7-24)41-19-14-32(26-8-11-30(36)31(37)21-26)42(34(41)44)33(43)39-15-5-16-40-17-12-25(13-18-40)29-10-9-28(35)20-27(29)22-38/h2-4,6-11,20-21,23,25,32H,5,12-19H2,1H3,(H,39,43)/t23-,32?/m1/s1. The maximum atomic E-state index is 14.2. The Morgan fingerprint density at radius 2 is 1.73 bits per heavy atom. The van der Waals surface area contributed by atoms with Gasteiger partial charge in [-0.2, -0.15) is 5.26 Å². The van der Waals surface area contributed by atoms with Gasteiger partial charge in [-0.05, 0) is 99.1 Å². The van der Waals surface area contributed by atoms with Gasteiger partial charge in [-0.25, -0.2) is 27.7 Å². The van der Waals surface area contributed by atoms with Crippen molar-refractivity contribution in [2.75, 3.05) is 32.7 Å². The van der Waals surface area contributed by atoms with Gasteiger partial charge >= 0.3 is 12.1 Å².